The normalized spacial score (nSPS) is 10.7. The van der Waals surface area contributed by atoms with E-state index in [1.807, 2.05) is 30.3 Å². The van der Waals surface area contributed by atoms with Gasteiger partial charge in [0.1, 0.15) is 6.61 Å². The molecule has 0 aliphatic rings. The SMILES string of the molecule is CC(C)Oc1cc(NC(=O)OCc2ccccc2)cc(OC(C)C)c1F. The van der Waals surface area contributed by atoms with Crippen molar-refractivity contribution in [2.45, 2.75) is 46.5 Å². The molecule has 0 atom stereocenters. The first kappa shape index (κ1) is 19.6. The fourth-order valence-electron chi connectivity index (χ4n) is 2.20. The van der Waals surface area contributed by atoms with E-state index in [0.29, 0.717) is 5.69 Å². The Morgan fingerprint density at radius 1 is 1.00 bits per heavy atom. The summed E-state index contributed by atoms with van der Waals surface area (Å²) < 4.78 is 30.6. The summed E-state index contributed by atoms with van der Waals surface area (Å²) in [6.45, 7) is 7.29. The second-order valence-electron chi connectivity index (χ2n) is 6.31. The molecule has 0 saturated carbocycles. The van der Waals surface area contributed by atoms with Crippen LogP contribution in [0.4, 0.5) is 14.9 Å². The summed E-state index contributed by atoms with van der Waals surface area (Å²) in [7, 11) is 0. The quantitative estimate of drug-likeness (QED) is 0.741. The zero-order chi connectivity index (χ0) is 19.1. The van der Waals surface area contributed by atoms with Crippen LogP contribution in [0, 0.1) is 5.82 Å². The van der Waals surface area contributed by atoms with Gasteiger partial charge < -0.3 is 14.2 Å². The van der Waals surface area contributed by atoms with Crippen molar-refractivity contribution in [1.82, 2.24) is 0 Å². The minimum absolute atomic E-state index is 0.0107. The Morgan fingerprint density at radius 3 is 2.04 bits per heavy atom. The maximum Gasteiger partial charge on any atom is 0.411 e. The van der Waals surface area contributed by atoms with Crippen LogP contribution in [0.5, 0.6) is 11.5 Å². The van der Waals surface area contributed by atoms with Crippen molar-refractivity contribution >= 4 is 11.8 Å². The molecule has 0 aliphatic heterocycles. The fourth-order valence-corrected chi connectivity index (χ4v) is 2.20. The van der Waals surface area contributed by atoms with Crippen molar-refractivity contribution in [2.24, 2.45) is 0 Å². The number of nitrogens with one attached hydrogen (secondary N) is 1. The standard InChI is InChI=1S/C20H24FNO4/c1-13(2)25-17-10-16(11-18(19(17)21)26-14(3)4)22-20(23)24-12-15-8-6-5-7-9-15/h5-11,13-14H,12H2,1-4H3,(H,22,23). The molecule has 5 nitrogen and oxygen atoms in total. The minimum atomic E-state index is -0.647. The first-order valence-electron chi connectivity index (χ1n) is 8.49. The molecule has 1 amide bonds. The number of ether oxygens (including phenoxy) is 3. The van der Waals surface area contributed by atoms with Gasteiger partial charge in [-0.05, 0) is 33.3 Å². The van der Waals surface area contributed by atoms with Gasteiger partial charge in [-0.15, -0.1) is 0 Å². The Morgan fingerprint density at radius 2 is 1.54 bits per heavy atom. The molecule has 6 heteroatoms. The summed E-state index contributed by atoms with van der Waals surface area (Å²) in [4.78, 5) is 12.0. The zero-order valence-electron chi connectivity index (χ0n) is 15.4. The van der Waals surface area contributed by atoms with Crippen LogP contribution in [0.15, 0.2) is 42.5 Å². The van der Waals surface area contributed by atoms with Crippen molar-refractivity contribution in [3.63, 3.8) is 0 Å². The Bertz CT molecular complexity index is 701. The number of rotatable bonds is 7. The summed E-state index contributed by atoms with van der Waals surface area (Å²) in [5.41, 5.74) is 1.20. The lowest BCUT2D eigenvalue weighted by Gasteiger charge is -2.17. The fraction of sp³-hybridized carbons (Fsp3) is 0.350. The largest absolute Gasteiger partial charge is 0.488 e. The van der Waals surface area contributed by atoms with Crippen LogP contribution in [0.25, 0.3) is 0 Å². The van der Waals surface area contributed by atoms with Crippen molar-refractivity contribution in [1.29, 1.82) is 0 Å². The molecule has 0 unspecified atom stereocenters. The number of hydrogen-bond acceptors (Lipinski definition) is 4. The van der Waals surface area contributed by atoms with Crippen LogP contribution in [-0.2, 0) is 11.3 Å². The predicted octanol–water partition coefficient (Wildman–Crippen LogP) is 5.15. The van der Waals surface area contributed by atoms with Gasteiger partial charge in [0, 0.05) is 12.1 Å². The minimum Gasteiger partial charge on any atom is -0.488 e. The smallest absolute Gasteiger partial charge is 0.411 e. The average molecular weight is 361 g/mol. The van der Waals surface area contributed by atoms with Crippen molar-refractivity contribution in [3.05, 3.63) is 53.8 Å². The molecular weight excluding hydrogens is 337 g/mol. The molecule has 0 spiro atoms. The number of amides is 1. The Hall–Kier alpha value is -2.76. The highest BCUT2D eigenvalue weighted by molar-refractivity contribution is 5.85. The van der Waals surface area contributed by atoms with E-state index in [1.165, 1.54) is 12.1 Å². The lowest BCUT2D eigenvalue weighted by Crippen LogP contribution is -2.15. The van der Waals surface area contributed by atoms with Gasteiger partial charge in [0.15, 0.2) is 11.5 Å². The highest BCUT2D eigenvalue weighted by atomic mass is 19.1. The second-order valence-corrected chi connectivity index (χ2v) is 6.31. The van der Waals surface area contributed by atoms with E-state index in [4.69, 9.17) is 14.2 Å². The first-order valence-corrected chi connectivity index (χ1v) is 8.49. The highest BCUT2D eigenvalue weighted by Gasteiger charge is 2.17. The third-order valence-corrected chi connectivity index (χ3v) is 3.19. The number of anilines is 1. The van der Waals surface area contributed by atoms with E-state index < -0.39 is 11.9 Å². The Balaban J connectivity index is 2.12. The first-order chi connectivity index (χ1) is 12.3. The number of carbonyl (C=O) groups excluding carboxylic acids is 1. The average Bonchev–Trinajstić information content (AvgIpc) is 2.57. The van der Waals surface area contributed by atoms with Gasteiger partial charge in [0.2, 0.25) is 5.82 Å². The van der Waals surface area contributed by atoms with Gasteiger partial charge >= 0.3 is 6.09 Å². The maximum absolute atomic E-state index is 14.5. The molecule has 0 saturated heterocycles. The van der Waals surface area contributed by atoms with Crippen LogP contribution < -0.4 is 14.8 Å². The summed E-state index contributed by atoms with van der Waals surface area (Å²) in [6.07, 6.45) is -1.10. The van der Waals surface area contributed by atoms with E-state index in [9.17, 15) is 9.18 Å². The summed E-state index contributed by atoms with van der Waals surface area (Å²) >= 11 is 0. The second kappa shape index (κ2) is 9.08. The molecule has 0 radical (unpaired) electrons. The Labute approximate surface area is 153 Å². The molecule has 0 aliphatic carbocycles. The molecule has 2 aromatic carbocycles. The van der Waals surface area contributed by atoms with Crippen LogP contribution in [0.2, 0.25) is 0 Å². The van der Waals surface area contributed by atoms with Gasteiger partial charge in [-0.25, -0.2) is 4.79 Å². The van der Waals surface area contributed by atoms with Crippen molar-refractivity contribution in [2.75, 3.05) is 5.32 Å². The molecule has 0 bridgehead atoms. The topological polar surface area (TPSA) is 56.8 Å². The van der Waals surface area contributed by atoms with Gasteiger partial charge in [0.05, 0.1) is 17.9 Å². The van der Waals surface area contributed by atoms with Crippen LogP contribution in [0.3, 0.4) is 0 Å². The highest BCUT2D eigenvalue weighted by Crippen LogP contribution is 2.32. The van der Waals surface area contributed by atoms with E-state index >= 15 is 0 Å². The van der Waals surface area contributed by atoms with Gasteiger partial charge in [-0.3, -0.25) is 5.32 Å². The molecular formula is C20H24FNO4. The van der Waals surface area contributed by atoms with Crippen molar-refractivity contribution < 1.29 is 23.4 Å². The van der Waals surface area contributed by atoms with Gasteiger partial charge in [0.25, 0.3) is 0 Å². The number of halogens is 1. The molecule has 0 fully saturated rings. The monoisotopic (exact) mass is 361 g/mol. The lowest BCUT2D eigenvalue weighted by atomic mass is 10.2. The van der Waals surface area contributed by atoms with Gasteiger partial charge in [-0.2, -0.15) is 4.39 Å². The molecule has 26 heavy (non-hydrogen) atoms. The molecule has 2 rings (SSSR count). The third kappa shape index (κ3) is 5.95. The van der Waals surface area contributed by atoms with Crippen LogP contribution >= 0.6 is 0 Å². The van der Waals surface area contributed by atoms with E-state index in [1.54, 1.807) is 27.7 Å². The maximum atomic E-state index is 14.5. The Kier molecular flexibility index (Phi) is 6.83. The number of benzene rings is 2. The molecule has 0 aromatic heterocycles. The summed E-state index contributed by atoms with van der Waals surface area (Å²) in [5.74, 6) is -0.580. The number of carbonyl (C=O) groups is 1. The zero-order valence-corrected chi connectivity index (χ0v) is 15.4. The summed E-state index contributed by atoms with van der Waals surface area (Å²) in [6, 6.07) is 12.1. The lowest BCUT2D eigenvalue weighted by molar-refractivity contribution is 0.155. The van der Waals surface area contributed by atoms with E-state index in [-0.39, 0.29) is 30.3 Å². The molecule has 2 aromatic rings. The number of hydrogen-bond donors (Lipinski definition) is 1. The van der Waals surface area contributed by atoms with Crippen LogP contribution in [0.1, 0.15) is 33.3 Å². The van der Waals surface area contributed by atoms with E-state index in [0.717, 1.165) is 5.56 Å². The molecule has 0 heterocycles. The molecule has 140 valence electrons. The van der Waals surface area contributed by atoms with E-state index in [2.05, 4.69) is 5.32 Å². The predicted molar refractivity (Wildman–Crippen MR) is 98.2 cm³/mol. The van der Waals surface area contributed by atoms with Crippen molar-refractivity contribution in [3.8, 4) is 11.5 Å². The molecule has 1 N–H and O–H groups in total. The summed E-state index contributed by atoms with van der Waals surface area (Å²) in [5, 5.41) is 2.58. The third-order valence-electron chi connectivity index (χ3n) is 3.19. The van der Waals surface area contributed by atoms with Crippen LogP contribution in [-0.4, -0.2) is 18.3 Å². The van der Waals surface area contributed by atoms with Gasteiger partial charge in [-0.1, -0.05) is 30.3 Å².